The van der Waals surface area contributed by atoms with Gasteiger partial charge in [0.2, 0.25) is 0 Å². The van der Waals surface area contributed by atoms with Gasteiger partial charge in [-0.2, -0.15) is 0 Å². The number of benzene rings is 1. The molecule has 218 valence electrons. The number of rotatable bonds is 16. The van der Waals surface area contributed by atoms with Crippen LogP contribution in [-0.4, -0.2) is 50.0 Å². The van der Waals surface area contributed by atoms with E-state index in [1.54, 1.807) is 5.79 Å². The normalized spacial score (nSPS) is 13.9. The molecule has 1 aromatic carbocycles. The fraction of sp³-hybridized carbons (Fsp3) is 0.636. The first-order chi connectivity index (χ1) is 18.4. The van der Waals surface area contributed by atoms with E-state index in [-0.39, 0.29) is 0 Å². The molecule has 0 amide bonds. The minimum atomic E-state index is -2.29. The Morgan fingerprint density at radius 1 is 0.795 bits per heavy atom. The van der Waals surface area contributed by atoms with Crippen molar-refractivity contribution in [1.29, 1.82) is 0 Å². The van der Waals surface area contributed by atoms with Crippen LogP contribution in [0.25, 0.3) is 20.2 Å². The number of unbranched alkanes of at least 4 members (excludes halogenated alkanes) is 2. The van der Waals surface area contributed by atoms with Crippen LogP contribution in [0.15, 0.2) is 23.8 Å². The molecule has 2 nitrogen and oxygen atoms in total. The quantitative estimate of drug-likeness (QED) is 0.106. The molecule has 0 N–H and O–H groups in total. The standard InChI is InChI=1S/C27H36O2S2.6CH3.2Sn/c1-5-9-11-20(7-3)13-16-28-24-22-14-17-31-27(22)25(23-15-18-30-26(23)24)29-19-21(8-4)12-10-6-2;;;;;;;;/h7,14-15,21H,5-6,8-13,16,19H2,1-4H3;6*1H3;;/b20-7+;;;;;;;;. The predicted molar refractivity (Wildman–Crippen MR) is 185 cm³/mol. The Hall–Kier alpha value is 0.0774. The molecule has 0 radical (unpaired) electrons. The van der Waals surface area contributed by atoms with E-state index in [1.165, 1.54) is 70.7 Å². The van der Waals surface area contributed by atoms with Gasteiger partial charge in [0.25, 0.3) is 0 Å². The van der Waals surface area contributed by atoms with Crippen molar-refractivity contribution in [2.75, 3.05) is 13.2 Å². The van der Waals surface area contributed by atoms with Gasteiger partial charge in [0.05, 0.1) is 0 Å². The first-order valence-corrected chi connectivity index (χ1v) is 37.0. The van der Waals surface area contributed by atoms with Crippen LogP contribution >= 0.6 is 22.7 Å². The summed E-state index contributed by atoms with van der Waals surface area (Å²) in [4.78, 5) is 15.2. The van der Waals surface area contributed by atoms with Crippen molar-refractivity contribution in [2.45, 2.75) is 109 Å². The molecule has 0 fully saturated rings. The zero-order valence-electron chi connectivity index (χ0n) is 26.5. The summed E-state index contributed by atoms with van der Waals surface area (Å²) in [5, 5.41) is 2.61. The molecule has 0 saturated carbocycles. The molecule has 2 aromatic heterocycles. The average molecular weight is 784 g/mol. The molecule has 0 spiro atoms. The molecule has 0 saturated heterocycles. The zero-order valence-corrected chi connectivity index (χ0v) is 33.9. The summed E-state index contributed by atoms with van der Waals surface area (Å²) >= 11 is -0.569. The van der Waals surface area contributed by atoms with Crippen LogP contribution in [0.1, 0.15) is 79.1 Å². The number of hydrogen-bond donors (Lipinski definition) is 0. The second-order valence-electron chi connectivity index (χ2n) is 13.2. The van der Waals surface area contributed by atoms with Gasteiger partial charge in [-0.25, -0.2) is 0 Å². The summed E-state index contributed by atoms with van der Waals surface area (Å²) in [7, 11) is 0. The number of hydrogen-bond acceptors (Lipinski definition) is 4. The Labute approximate surface area is 255 Å². The molecule has 2 heterocycles. The van der Waals surface area contributed by atoms with Crippen LogP contribution in [-0.2, 0) is 0 Å². The molecule has 0 aliphatic carbocycles. The van der Waals surface area contributed by atoms with Gasteiger partial charge in [-0.15, -0.1) is 0 Å². The third-order valence-corrected chi connectivity index (χ3v) is 28.9. The summed E-state index contributed by atoms with van der Waals surface area (Å²) in [5.74, 6) is 2.89. The second-order valence-corrected chi connectivity index (χ2v) is 46.2. The average Bonchev–Trinajstić information content (AvgIpc) is 3.52. The molecule has 3 aromatic rings. The second kappa shape index (κ2) is 15.0. The van der Waals surface area contributed by atoms with Gasteiger partial charge in [0.1, 0.15) is 0 Å². The van der Waals surface area contributed by atoms with Gasteiger partial charge >= 0.3 is 258 Å². The number of ether oxygens (including phenoxy) is 2. The van der Waals surface area contributed by atoms with E-state index in [0.29, 0.717) is 5.92 Å². The van der Waals surface area contributed by atoms with Crippen LogP contribution < -0.4 is 15.3 Å². The van der Waals surface area contributed by atoms with Gasteiger partial charge in [0, 0.05) is 0 Å². The summed E-state index contributed by atoms with van der Waals surface area (Å²) in [6.45, 7) is 10.6. The van der Waals surface area contributed by atoms with Gasteiger partial charge in [-0.1, -0.05) is 0 Å². The first-order valence-electron chi connectivity index (χ1n) is 15.4. The Kier molecular flexibility index (Phi) is 12.9. The molecule has 0 bridgehead atoms. The molecule has 6 heteroatoms. The van der Waals surface area contributed by atoms with Gasteiger partial charge in [-0.05, 0) is 0 Å². The van der Waals surface area contributed by atoms with E-state index in [0.717, 1.165) is 31.1 Å². The summed E-state index contributed by atoms with van der Waals surface area (Å²) in [5.41, 5.74) is 1.52. The summed E-state index contributed by atoms with van der Waals surface area (Å²) in [6, 6.07) is 5.00. The van der Waals surface area contributed by atoms with E-state index in [4.69, 9.17) is 9.47 Å². The van der Waals surface area contributed by atoms with E-state index >= 15 is 0 Å². The molecule has 0 aliphatic heterocycles. The summed E-state index contributed by atoms with van der Waals surface area (Å²) in [6.07, 6.45) is 12.0. The number of allylic oxidation sites excluding steroid dienone is 1. The van der Waals surface area contributed by atoms with Crippen molar-refractivity contribution in [3.8, 4) is 11.5 Å². The predicted octanol–water partition coefficient (Wildman–Crippen LogP) is 10.7. The molecule has 1 atom stereocenters. The van der Waals surface area contributed by atoms with E-state index in [9.17, 15) is 0 Å². The van der Waals surface area contributed by atoms with Crippen LogP contribution in [0.2, 0.25) is 29.6 Å². The third kappa shape index (κ3) is 8.79. The molecular formula is C33H54O2S2Sn2. The van der Waals surface area contributed by atoms with Crippen molar-refractivity contribution < 1.29 is 9.47 Å². The maximum atomic E-state index is 6.89. The molecule has 0 aliphatic rings. The van der Waals surface area contributed by atoms with E-state index < -0.39 is 36.8 Å². The van der Waals surface area contributed by atoms with Crippen molar-refractivity contribution in [3.63, 3.8) is 0 Å². The Balaban J connectivity index is 2.14. The van der Waals surface area contributed by atoms with E-state index in [1.807, 2.05) is 22.7 Å². The number of thiophene rings is 2. The Morgan fingerprint density at radius 2 is 1.33 bits per heavy atom. The van der Waals surface area contributed by atoms with Crippen LogP contribution in [0.5, 0.6) is 11.5 Å². The van der Waals surface area contributed by atoms with Crippen molar-refractivity contribution >= 4 is 85.4 Å². The maximum absolute atomic E-state index is 6.89. The molecular weight excluding hydrogens is 730 g/mol. The topological polar surface area (TPSA) is 18.5 Å². The van der Waals surface area contributed by atoms with Gasteiger partial charge in [0.15, 0.2) is 0 Å². The molecule has 39 heavy (non-hydrogen) atoms. The van der Waals surface area contributed by atoms with Gasteiger partial charge < -0.3 is 0 Å². The van der Waals surface area contributed by atoms with Crippen LogP contribution in [0.4, 0.5) is 0 Å². The fourth-order valence-electron chi connectivity index (χ4n) is 4.93. The van der Waals surface area contributed by atoms with Gasteiger partial charge in [-0.3, -0.25) is 0 Å². The van der Waals surface area contributed by atoms with Crippen LogP contribution in [0.3, 0.4) is 0 Å². The van der Waals surface area contributed by atoms with E-state index in [2.05, 4.69) is 75.5 Å². The van der Waals surface area contributed by atoms with Crippen molar-refractivity contribution in [2.24, 2.45) is 5.92 Å². The SMILES string of the molecule is C/C=C(\CCCC)CCOc1c2c[c]([Sn]([CH3])([CH3])[CH3])sc2c(OCC(CC)CCCC)c2c[c]([Sn]([CH3])([CH3])[CH3])sc12. The Morgan fingerprint density at radius 3 is 1.79 bits per heavy atom. The number of fused-ring (bicyclic) bond motifs is 2. The van der Waals surface area contributed by atoms with Crippen LogP contribution in [0, 0.1) is 5.92 Å². The van der Waals surface area contributed by atoms with Crippen molar-refractivity contribution in [1.82, 2.24) is 0 Å². The molecule has 1 unspecified atom stereocenters. The Bertz CT molecular complexity index is 1170. The monoisotopic (exact) mass is 786 g/mol. The first kappa shape index (κ1) is 33.6. The van der Waals surface area contributed by atoms with Crippen molar-refractivity contribution in [3.05, 3.63) is 23.8 Å². The fourth-order valence-corrected chi connectivity index (χ4v) is 17.7. The third-order valence-electron chi connectivity index (χ3n) is 7.78. The summed E-state index contributed by atoms with van der Waals surface area (Å²) < 4.78 is 19.6. The molecule has 3 rings (SSSR count). The zero-order chi connectivity index (χ0) is 28.8. The minimum absolute atomic E-state index is 0.620.